The lowest BCUT2D eigenvalue weighted by Crippen LogP contribution is -2.13. The topological polar surface area (TPSA) is 39.7 Å². The van der Waals surface area contributed by atoms with Crippen molar-refractivity contribution < 1.29 is 14.2 Å². The van der Waals surface area contributed by atoms with E-state index >= 15 is 0 Å². The second kappa shape index (κ2) is 8.91. The van der Waals surface area contributed by atoms with E-state index in [4.69, 9.17) is 14.2 Å². The second-order valence-corrected chi connectivity index (χ2v) is 4.49. The Bertz CT molecular complexity index is 368. The van der Waals surface area contributed by atoms with E-state index in [0.717, 1.165) is 11.3 Å². The Morgan fingerprint density at radius 3 is 2.53 bits per heavy atom. The van der Waals surface area contributed by atoms with E-state index < -0.39 is 0 Å². The van der Waals surface area contributed by atoms with Crippen LogP contribution < -0.4 is 10.1 Å². The molecular formula is C15H25NO3. The van der Waals surface area contributed by atoms with Gasteiger partial charge in [-0.05, 0) is 38.1 Å². The quantitative estimate of drug-likeness (QED) is 0.697. The van der Waals surface area contributed by atoms with Gasteiger partial charge in [-0.2, -0.15) is 0 Å². The van der Waals surface area contributed by atoms with Gasteiger partial charge < -0.3 is 19.5 Å². The van der Waals surface area contributed by atoms with E-state index in [1.165, 1.54) is 5.56 Å². The summed E-state index contributed by atoms with van der Waals surface area (Å²) in [6.45, 7) is 6.57. The SMILES string of the molecule is CNC(C)c1ccc(OCCOCCOC)c(C)c1. The van der Waals surface area contributed by atoms with Gasteiger partial charge in [-0.1, -0.05) is 12.1 Å². The molecule has 1 N–H and O–H groups in total. The molecule has 0 aliphatic carbocycles. The zero-order valence-electron chi connectivity index (χ0n) is 12.4. The third-order valence-corrected chi connectivity index (χ3v) is 3.05. The summed E-state index contributed by atoms with van der Waals surface area (Å²) in [4.78, 5) is 0. The van der Waals surface area contributed by atoms with Gasteiger partial charge in [0.15, 0.2) is 0 Å². The van der Waals surface area contributed by atoms with Crippen LogP contribution in [0.25, 0.3) is 0 Å². The van der Waals surface area contributed by atoms with Crippen molar-refractivity contribution in [2.75, 3.05) is 40.6 Å². The molecule has 0 saturated heterocycles. The molecule has 1 atom stereocenters. The highest BCUT2D eigenvalue weighted by Crippen LogP contribution is 2.22. The molecule has 1 rings (SSSR count). The highest BCUT2D eigenvalue weighted by atomic mass is 16.5. The fourth-order valence-corrected chi connectivity index (χ4v) is 1.73. The lowest BCUT2D eigenvalue weighted by Gasteiger charge is -2.14. The maximum Gasteiger partial charge on any atom is 0.122 e. The van der Waals surface area contributed by atoms with Crippen molar-refractivity contribution in [1.82, 2.24) is 5.32 Å². The van der Waals surface area contributed by atoms with E-state index in [1.54, 1.807) is 7.11 Å². The predicted octanol–water partition coefficient (Wildman–Crippen LogP) is 2.32. The van der Waals surface area contributed by atoms with E-state index in [2.05, 4.69) is 31.3 Å². The summed E-state index contributed by atoms with van der Waals surface area (Å²) < 4.78 is 16.0. The lowest BCUT2D eigenvalue weighted by atomic mass is 10.1. The number of hydrogen-bond donors (Lipinski definition) is 1. The number of rotatable bonds is 9. The van der Waals surface area contributed by atoms with Gasteiger partial charge >= 0.3 is 0 Å². The molecule has 0 aromatic heterocycles. The van der Waals surface area contributed by atoms with Crippen LogP contribution in [0.4, 0.5) is 0 Å². The van der Waals surface area contributed by atoms with Crippen molar-refractivity contribution in [3.8, 4) is 5.75 Å². The first-order chi connectivity index (χ1) is 9.19. The highest BCUT2D eigenvalue weighted by Gasteiger charge is 2.05. The molecule has 1 aromatic carbocycles. The van der Waals surface area contributed by atoms with Gasteiger partial charge in [0.2, 0.25) is 0 Å². The molecule has 0 heterocycles. The first-order valence-electron chi connectivity index (χ1n) is 6.66. The minimum Gasteiger partial charge on any atom is -0.491 e. The summed E-state index contributed by atoms with van der Waals surface area (Å²) in [7, 11) is 3.62. The van der Waals surface area contributed by atoms with Crippen LogP contribution in [0.1, 0.15) is 24.1 Å². The third-order valence-electron chi connectivity index (χ3n) is 3.05. The largest absolute Gasteiger partial charge is 0.491 e. The molecule has 1 aromatic rings. The van der Waals surface area contributed by atoms with E-state index in [9.17, 15) is 0 Å². The Labute approximate surface area is 116 Å². The minimum atomic E-state index is 0.352. The molecule has 4 nitrogen and oxygen atoms in total. The number of hydrogen-bond acceptors (Lipinski definition) is 4. The van der Waals surface area contributed by atoms with Crippen molar-refractivity contribution in [3.05, 3.63) is 29.3 Å². The van der Waals surface area contributed by atoms with Gasteiger partial charge in [0.05, 0.1) is 19.8 Å². The van der Waals surface area contributed by atoms with Crippen LogP contribution in [0, 0.1) is 6.92 Å². The second-order valence-electron chi connectivity index (χ2n) is 4.49. The summed E-state index contributed by atoms with van der Waals surface area (Å²) in [5, 5.41) is 3.23. The van der Waals surface area contributed by atoms with Crippen molar-refractivity contribution in [1.29, 1.82) is 0 Å². The number of aryl methyl sites for hydroxylation is 1. The summed E-state index contributed by atoms with van der Waals surface area (Å²) >= 11 is 0. The average molecular weight is 267 g/mol. The molecule has 0 fully saturated rings. The molecule has 0 saturated carbocycles. The van der Waals surface area contributed by atoms with Crippen LogP contribution in [-0.4, -0.2) is 40.6 Å². The zero-order valence-corrected chi connectivity index (χ0v) is 12.4. The van der Waals surface area contributed by atoms with Gasteiger partial charge in [0.1, 0.15) is 12.4 Å². The summed E-state index contributed by atoms with van der Waals surface area (Å²) in [6, 6.07) is 6.62. The standard InChI is InChI=1S/C15H25NO3/c1-12-11-14(13(2)16-3)5-6-15(12)19-10-9-18-8-7-17-4/h5-6,11,13,16H,7-10H2,1-4H3. The molecule has 0 radical (unpaired) electrons. The van der Waals surface area contributed by atoms with E-state index in [1.807, 2.05) is 13.1 Å². The Morgan fingerprint density at radius 1 is 1.16 bits per heavy atom. The number of nitrogens with one attached hydrogen (secondary N) is 1. The minimum absolute atomic E-state index is 0.352. The molecule has 1 unspecified atom stereocenters. The summed E-state index contributed by atoms with van der Waals surface area (Å²) in [6.07, 6.45) is 0. The Kier molecular flexibility index (Phi) is 7.48. The highest BCUT2D eigenvalue weighted by molar-refractivity contribution is 5.37. The van der Waals surface area contributed by atoms with E-state index in [0.29, 0.717) is 32.5 Å². The van der Waals surface area contributed by atoms with Crippen LogP contribution in [-0.2, 0) is 9.47 Å². The van der Waals surface area contributed by atoms with E-state index in [-0.39, 0.29) is 0 Å². The Balaban J connectivity index is 2.38. The van der Waals surface area contributed by atoms with Gasteiger partial charge in [-0.15, -0.1) is 0 Å². The molecule has 19 heavy (non-hydrogen) atoms. The van der Waals surface area contributed by atoms with Crippen LogP contribution in [0.2, 0.25) is 0 Å². The molecule has 0 spiro atoms. The Hall–Kier alpha value is -1.10. The molecular weight excluding hydrogens is 242 g/mol. The smallest absolute Gasteiger partial charge is 0.122 e. The third kappa shape index (κ3) is 5.59. The molecule has 108 valence electrons. The summed E-state index contributed by atoms with van der Waals surface area (Å²) in [5.74, 6) is 0.919. The first-order valence-corrected chi connectivity index (χ1v) is 6.66. The van der Waals surface area contributed by atoms with Gasteiger partial charge in [0, 0.05) is 13.2 Å². The maximum absolute atomic E-state index is 5.70. The average Bonchev–Trinajstić information content (AvgIpc) is 2.43. The van der Waals surface area contributed by atoms with Crippen molar-refractivity contribution in [2.24, 2.45) is 0 Å². The van der Waals surface area contributed by atoms with Gasteiger partial charge in [-0.25, -0.2) is 0 Å². The fourth-order valence-electron chi connectivity index (χ4n) is 1.73. The van der Waals surface area contributed by atoms with Gasteiger partial charge in [0.25, 0.3) is 0 Å². The number of ether oxygens (including phenoxy) is 3. The van der Waals surface area contributed by atoms with Crippen molar-refractivity contribution in [3.63, 3.8) is 0 Å². The van der Waals surface area contributed by atoms with Crippen LogP contribution in [0.5, 0.6) is 5.75 Å². The molecule has 0 aliphatic heterocycles. The van der Waals surface area contributed by atoms with Crippen molar-refractivity contribution in [2.45, 2.75) is 19.9 Å². The van der Waals surface area contributed by atoms with Crippen LogP contribution >= 0.6 is 0 Å². The molecule has 0 aliphatic rings. The summed E-state index contributed by atoms with van der Waals surface area (Å²) in [5.41, 5.74) is 2.42. The number of methoxy groups -OCH3 is 1. The van der Waals surface area contributed by atoms with Crippen LogP contribution in [0.15, 0.2) is 18.2 Å². The molecule has 0 bridgehead atoms. The molecule has 4 heteroatoms. The Morgan fingerprint density at radius 2 is 1.89 bits per heavy atom. The predicted molar refractivity (Wildman–Crippen MR) is 76.8 cm³/mol. The lowest BCUT2D eigenvalue weighted by molar-refractivity contribution is 0.0543. The van der Waals surface area contributed by atoms with Gasteiger partial charge in [-0.3, -0.25) is 0 Å². The fraction of sp³-hybridized carbons (Fsp3) is 0.600. The molecule has 0 amide bonds. The maximum atomic E-state index is 5.70. The normalized spacial score (nSPS) is 12.4. The van der Waals surface area contributed by atoms with Crippen LogP contribution in [0.3, 0.4) is 0 Å². The van der Waals surface area contributed by atoms with Crippen molar-refractivity contribution >= 4 is 0 Å². The monoisotopic (exact) mass is 267 g/mol. The number of benzene rings is 1. The zero-order chi connectivity index (χ0) is 14.1. The first kappa shape index (κ1) is 16.0.